The van der Waals surface area contributed by atoms with Gasteiger partial charge in [-0.15, -0.1) is 0 Å². The largest absolute Gasteiger partial charge is 0.319 e. The predicted molar refractivity (Wildman–Crippen MR) is 54.4 cm³/mol. The van der Waals surface area contributed by atoms with Crippen molar-refractivity contribution in [2.24, 2.45) is 11.8 Å². The van der Waals surface area contributed by atoms with Crippen LogP contribution in [0.5, 0.6) is 0 Å². The van der Waals surface area contributed by atoms with E-state index in [0.29, 0.717) is 0 Å². The first-order chi connectivity index (χ1) is 5.66. The first-order valence-corrected chi connectivity index (χ1v) is 4.81. The average Bonchev–Trinajstić information content (AvgIpc) is 1.98. The van der Waals surface area contributed by atoms with Crippen molar-refractivity contribution in [1.29, 1.82) is 0 Å². The van der Waals surface area contributed by atoms with E-state index in [1.807, 2.05) is 19.2 Å². The summed E-state index contributed by atoms with van der Waals surface area (Å²) in [5.41, 5.74) is 0. The quantitative estimate of drug-likeness (QED) is 0.377. The zero-order valence-corrected chi connectivity index (χ0v) is 8.59. The van der Waals surface area contributed by atoms with Crippen LogP contribution >= 0.6 is 0 Å². The Morgan fingerprint density at radius 3 is 2.50 bits per heavy atom. The van der Waals surface area contributed by atoms with E-state index in [1.165, 1.54) is 19.3 Å². The molecule has 0 saturated heterocycles. The Balaban J connectivity index is 3.19. The van der Waals surface area contributed by atoms with Crippen LogP contribution in [0.15, 0.2) is 12.3 Å². The maximum absolute atomic E-state index is 5.65. The number of unbranched alkanes of at least 4 members (excludes halogenated alkanes) is 1. The van der Waals surface area contributed by atoms with Gasteiger partial charge in [-0.1, -0.05) is 32.8 Å². The molecule has 0 heterocycles. The van der Waals surface area contributed by atoms with Crippen molar-refractivity contribution in [2.75, 3.05) is 6.54 Å². The summed E-state index contributed by atoms with van der Waals surface area (Å²) in [5, 5.41) is 1.75. The first kappa shape index (κ1) is 11.5. The molecule has 0 rings (SSSR count). The molecule has 0 unspecified atom stereocenters. The van der Waals surface area contributed by atoms with E-state index in [0.717, 1.165) is 12.5 Å². The van der Waals surface area contributed by atoms with Crippen molar-refractivity contribution in [3.63, 3.8) is 0 Å². The molecular weight excluding hydrogens is 148 g/mol. The Morgan fingerprint density at radius 1 is 1.33 bits per heavy atom. The fourth-order valence-electron chi connectivity index (χ4n) is 1.11. The Morgan fingerprint density at radius 2 is 2.00 bits per heavy atom. The molecule has 0 aliphatic carbocycles. The summed E-state index contributed by atoms with van der Waals surface area (Å²) in [6.45, 7) is 7.46. The minimum atomic E-state index is 0.818. The van der Waals surface area contributed by atoms with Crippen LogP contribution in [0, 0.1) is 5.92 Å². The molecule has 0 aromatic carbocycles. The van der Waals surface area contributed by atoms with Gasteiger partial charge in [0.25, 0.3) is 0 Å². The number of rotatable bonds is 6. The van der Waals surface area contributed by atoms with Gasteiger partial charge in [-0.2, -0.15) is 0 Å². The van der Waals surface area contributed by atoms with Gasteiger partial charge in [0, 0.05) is 12.7 Å². The molecule has 0 radical (unpaired) electrons. The third-order valence-corrected chi connectivity index (χ3v) is 1.79. The maximum atomic E-state index is 5.65. The number of nitrogens with zero attached hydrogens (tertiary/aromatic N) is 1. The molecular formula is C10H22N2. The summed E-state index contributed by atoms with van der Waals surface area (Å²) in [6.07, 6.45) is 7.66. The molecule has 0 spiro atoms. The first-order valence-electron chi connectivity index (χ1n) is 4.81. The molecule has 0 aromatic heterocycles. The molecule has 0 atom stereocenters. The van der Waals surface area contributed by atoms with Gasteiger partial charge in [-0.3, -0.25) is 0 Å². The fourth-order valence-corrected chi connectivity index (χ4v) is 1.11. The highest BCUT2D eigenvalue weighted by molar-refractivity contribution is 4.74. The van der Waals surface area contributed by atoms with Crippen molar-refractivity contribution < 1.29 is 0 Å². The number of nitrogens with two attached hydrogens (primary N) is 1. The normalized spacial score (nSPS) is 11.4. The van der Waals surface area contributed by atoms with Crippen LogP contribution in [-0.4, -0.2) is 11.6 Å². The van der Waals surface area contributed by atoms with E-state index in [1.54, 1.807) is 5.01 Å². The lowest BCUT2D eigenvalue weighted by atomic mass is 10.1. The SMILES string of the molecule is C/C=C\N(N)CCCCC(C)C. The Bertz CT molecular complexity index is 119. The standard InChI is InChI=1S/C10H22N2/c1-4-8-12(11)9-6-5-7-10(2)3/h4,8,10H,5-7,9,11H2,1-3H3/b8-4-. The lowest BCUT2D eigenvalue weighted by Crippen LogP contribution is -2.25. The summed E-state index contributed by atoms with van der Waals surface area (Å²) in [7, 11) is 0. The molecule has 12 heavy (non-hydrogen) atoms. The molecule has 0 fully saturated rings. The maximum Gasteiger partial charge on any atom is 0.0335 e. The van der Waals surface area contributed by atoms with Gasteiger partial charge in [-0.05, 0) is 19.3 Å². The Hall–Kier alpha value is -0.500. The van der Waals surface area contributed by atoms with Gasteiger partial charge in [0.2, 0.25) is 0 Å². The van der Waals surface area contributed by atoms with Gasteiger partial charge >= 0.3 is 0 Å². The van der Waals surface area contributed by atoms with E-state index < -0.39 is 0 Å². The van der Waals surface area contributed by atoms with Crippen molar-refractivity contribution in [1.82, 2.24) is 5.01 Å². The molecule has 2 heteroatoms. The van der Waals surface area contributed by atoms with Gasteiger partial charge in [0.05, 0.1) is 0 Å². The molecule has 2 N–H and O–H groups in total. The molecule has 2 nitrogen and oxygen atoms in total. The number of hydrogen-bond donors (Lipinski definition) is 1. The molecule has 0 bridgehead atoms. The third-order valence-electron chi connectivity index (χ3n) is 1.79. The van der Waals surface area contributed by atoms with Gasteiger partial charge < -0.3 is 5.01 Å². The second-order valence-electron chi connectivity index (χ2n) is 3.61. The van der Waals surface area contributed by atoms with Crippen LogP contribution in [0.3, 0.4) is 0 Å². The summed E-state index contributed by atoms with van der Waals surface area (Å²) < 4.78 is 0. The summed E-state index contributed by atoms with van der Waals surface area (Å²) in [6, 6.07) is 0. The summed E-state index contributed by atoms with van der Waals surface area (Å²) >= 11 is 0. The molecule has 0 aliphatic heterocycles. The molecule has 0 amide bonds. The van der Waals surface area contributed by atoms with Gasteiger partial charge in [0.15, 0.2) is 0 Å². The monoisotopic (exact) mass is 170 g/mol. The zero-order chi connectivity index (χ0) is 9.40. The average molecular weight is 170 g/mol. The minimum Gasteiger partial charge on any atom is -0.319 e. The second-order valence-corrected chi connectivity index (χ2v) is 3.61. The van der Waals surface area contributed by atoms with Crippen LogP contribution in [0.2, 0.25) is 0 Å². The Kier molecular flexibility index (Phi) is 6.87. The van der Waals surface area contributed by atoms with E-state index in [-0.39, 0.29) is 0 Å². The van der Waals surface area contributed by atoms with Crippen molar-refractivity contribution in [3.05, 3.63) is 12.3 Å². The van der Waals surface area contributed by atoms with Gasteiger partial charge in [-0.25, -0.2) is 5.84 Å². The molecule has 0 saturated carbocycles. The highest BCUT2D eigenvalue weighted by Crippen LogP contribution is 2.05. The highest BCUT2D eigenvalue weighted by Gasteiger charge is 1.95. The highest BCUT2D eigenvalue weighted by atomic mass is 15.4. The topological polar surface area (TPSA) is 29.3 Å². The van der Waals surface area contributed by atoms with Crippen LogP contribution in [-0.2, 0) is 0 Å². The fraction of sp³-hybridized carbons (Fsp3) is 0.800. The number of hydrogen-bond acceptors (Lipinski definition) is 2. The minimum absolute atomic E-state index is 0.818. The van der Waals surface area contributed by atoms with Crippen LogP contribution < -0.4 is 5.84 Å². The van der Waals surface area contributed by atoms with Crippen molar-refractivity contribution in [3.8, 4) is 0 Å². The molecule has 0 aliphatic rings. The van der Waals surface area contributed by atoms with E-state index >= 15 is 0 Å². The second kappa shape index (κ2) is 7.17. The van der Waals surface area contributed by atoms with Crippen LogP contribution in [0.25, 0.3) is 0 Å². The van der Waals surface area contributed by atoms with Crippen LogP contribution in [0.1, 0.15) is 40.0 Å². The zero-order valence-electron chi connectivity index (χ0n) is 8.59. The molecule has 0 aromatic rings. The number of allylic oxidation sites excluding steroid dienone is 1. The van der Waals surface area contributed by atoms with E-state index in [9.17, 15) is 0 Å². The smallest absolute Gasteiger partial charge is 0.0335 e. The summed E-state index contributed by atoms with van der Waals surface area (Å²) in [5.74, 6) is 6.47. The number of hydrazine groups is 1. The van der Waals surface area contributed by atoms with Crippen molar-refractivity contribution >= 4 is 0 Å². The van der Waals surface area contributed by atoms with Gasteiger partial charge in [0.1, 0.15) is 0 Å². The lowest BCUT2D eigenvalue weighted by molar-refractivity contribution is 0.371. The lowest BCUT2D eigenvalue weighted by Gasteiger charge is -2.13. The van der Waals surface area contributed by atoms with E-state index in [2.05, 4.69) is 13.8 Å². The Labute approximate surface area is 76.4 Å². The van der Waals surface area contributed by atoms with E-state index in [4.69, 9.17) is 5.84 Å². The molecule has 72 valence electrons. The third kappa shape index (κ3) is 7.61. The predicted octanol–water partition coefficient (Wildman–Crippen LogP) is 2.52. The van der Waals surface area contributed by atoms with Crippen molar-refractivity contribution in [2.45, 2.75) is 40.0 Å². The summed E-state index contributed by atoms with van der Waals surface area (Å²) in [4.78, 5) is 0. The van der Waals surface area contributed by atoms with Crippen LogP contribution in [0.4, 0.5) is 0 Å².